The van der Waals surface area contributed by atoms with Gasteiger partial charge < -0.3 is 9.30 Å². The number of thioether (sulfide) groups is 1. The van der Waals surface area contributed by atoms with Crippen molar-refractivity contribution in [3.05, 3.63) is 70.8 Å². The Balaban J connectivity index is 1.58. The normalized spacial score (nSPS) is 15.8. The van der Waals surface area contributed by atoms with E-state index in [0.717, 1.165) is 28.8 Å². The van der Waals surface area contributed by atoms with Crippen molar-refractivity contribution in [3.8, 4) is 5.75 Å². The molecule has 0 bridgehead atoms. The fourth-order valence-electron chi connectivity index (χ4n) is 3.23. The van der Waals surface area contributed by atoms with Gasteiger partial charge in [-0.05, 0) is 36.8 Å². The molecule has 1 amide bonds. The molecule has 0 saturated carbocycles. The zero-order valence-corrected chi connectivity index (χ0v) is 17.3. The molecule has 2 heterocycles. The third-order valence-electron chi connectivity index (χ3n) is 4.68. The molecule has 142 valence electrons. The molecule has 0 aliphatic carbocycles. The molecule has 28 heavy (non-hydrogen) atoms. The number of rotatable bonds is 5. The molecule has 6 heteroatoms. The smallest absolute Gasteiger partial charge is 0.265 e. The maximum absolute atomic E-state index is 12.3. The second kappa shape index (κ2) is 7.81. The Morgan fingerprint density at radius 3 is 2.75 bits per heavy atom. The van der Waals surface area contributed by atoms with Crippen molar-refractivity contribution in [2.24, 2.45) is 0 Å². The number of hydrogen-bond donors (Lipinski definition) is 0. The predicted octanol–water partition coefficient (Wildman–Crippen LogP) is 4.86. The Labute approximate surface area is 173 Å². The van der Waals surface area contributed by atoms with E-state index in [1.807, 2.05) is 36.4 Å². The quantitative estimate of drug-likeness (QED) is 0.446. The monoisotopic (exact) mass is 408 g/mol. The fourth-order valence-corrected chi connectivity index (χ4v) is 4.40. The Morgan fingerprint density at radius 2 is 2.00 bits per heavy atom. The van der Waals surface area contributed by atoms with Gasteiger partial charge in [0.25, 0.3) is 5.91 Å². The molecular formula is C22H20N2O2S2. The van der Waals surface area contributed by atoms with Gasteiger partial charge in [-0.15, -0.1) is 0 Å². The van der Waals surface area contributed by atoms with E-state index < -0.39 is 0 Å². The summed E-state index contributed by atoms with van der Waals surface area (Å²) >= 11 is 6.58. The summed E-state index contributed by atoms with van der Waals surface area (Å²) in [6.07, 6.45) is 4.01. The summed E-state index contributed by atoms with van der Waals surface area (Å²) in [5.74, 6) is 0.831. The number of carbonyl (C=O) groups is 1. The lowest BCUT2D eigenvalue weighted by Gasteiger charge is -2.08. The van der Waals surface area contributed by atoms with E-state index >= 15 is 0 Å². The van der Waals surface area contributed by atoms with Crippen LogP contribution in [0.25, 0.3) is 17.0 Å². The summed E-state index contributed by atoms with van der Waals surface area (Å²) in [5, 5.41) is 1.11. The van der Waals surface area contributed by atoms with E-state index in [-0.39, 0.29) is 5.91 Å². The highest BCUT2D eigenvalue weighted by atomic mass is 32.2. The average Bonchev–Trinajstić information content (AvgIpc) is 3.15. The molecule has 0 unspecified atom stereocenters. The van der Waals surface area contributed by atoms with Crippen LogP contribution in [0.15, 0.2) is 59.6 Å². The lowest BCUT2D eigenvalue weighted by atomic mass is 10.1. The second-order valence-corrected chi connectivity index (χ2v) is 8.38. The van der Waals surface area contributed by atoms with Crippen molar-refractivity contribution in [3.63, 3.8) is 0 Å². The number of thiocarbonyl (C=S) groups is 1. The summed E-state index contributed by atoms with van der Waals surface area (Å²) in [4.78, 5) is 14.5. The first-order valence-corrected chi connectivity index (χ1v) is 10.2. The van der Waals surface area contributed by atoms with E-state index in [4.69, 9.17) is 17.0 Å². The van der Waals surface area contributed by atoms with Crippen LogP contribution in [0.1, 0.15) is 11.1 Å². The highest BCUT2D eigenvalue weighted by molar-refractivity contribution is 8.26. The number of fused-ring (bicyclic) bond motifs is 1. The number of aromatic nitrogens is 1. The fraction of sp³-hybridized carbons (Fsp3) is 0.182. The molecule has 0 radical (unpaired) electrons. The van der Waals surface area contributed by atoms with E-state index in [1.54, 1.807) is 7.05 Å². The Hall–Kier alpha value is -2.57. The molecule has 1 aliphatic rings. The van der Waals surface area contributed by atoms with E-state index in [2.05, 4.69) is 35.9 Å². The number of likely N-dealkylation sites (N-methyl/N-ethyl adjacent to an activating group) is 1. The third kappa shape index (κ3) is 3.70. The van der Waals surface area contributed by atoms with Crippen LogP contribution >= 0.6 is 24.0 Å². The molecule has 1 saturated heterocycles. The zero-order chi connectivity index (χ0) is 19.7. The first-order valence-electron chi connectivity index (χ1n) is 9.02. The van der Waals surface area contributed by atoms with Crippen LogP contribution in [-0.4, -0.2) is 33.3 Å². The van der Waals surface area contributed by atoms with E-state index in [0.29, 0.717) is 15.8 Å². The van der Waals surface area contributed by atoms with Gasteiger partial charge >= 0.3 is 0 Å². The van der Waals surface area contributed by atoms with Gasteiger partial charge in [0, 0.05) is 29.7 Å². The lowest BCUT2D eigenvalue weighted by molar-refractivity contribution is -0.121. The predicted molar refractivity (Wildman–Crippen MR) is 120 cm³/mol. The van der Waals surface area contributed by atoms with Crippen LogP contribution in [0, 0.1) is 6.92 Å². The number of aryl methyl sites for hydroxylation is 1. The molecule has 4 nitrogen and oxygen atoms in total. The van der Waals surface area contributed by atoms with Crippen LogP contribution in [0.5, 0.6) is 5.75 Å². The van der Waals surface area contributed by atoms with Gasteiger partial charge in [0.2, 0.25) is 0 Å². The Kier molecular flexibility index (Phi) is 5.24. The van der Waals surface area contributed by atoms with Gasteiger partial charge in [-0.2, -0.15) is 0 Å². The van der Waals surface area contributed by atoms with Gasteiger partial charge in [-0.25, -0.2) is 0 Å². The van der Waals surface area contributed by atoms with E-state index in [9.17, 15) is 4.79 Å². The van der Waals surface area contributed by atoms with Crippen molar-refractivity contribution in [2.45, 2.75) is 13.5 Å². The SMILES string of the molecule is Cc1cccc(OCCn2cc(/C=C3\SC(=S)N(C)C3=O)c3ccccc32)c1. The van der Waals surface area contributed by atoms with Gasteiger partial charge in [0.05, 0.1) is 11.4 Å². The Morgan fingerprint density at radius 1 is 1.18 bits per heavy atom. The zero-order valence-electron chi connectivity index (χ0n) is 15.7. The summed E-state index contributed by atoms with van der Waals surface area (Å²) < 4.78 is 8.67. The first kappa shape index (κ1) is 18.8. The molecule has 0 spiro atoms. The molecule has 1 aromatic heterocycles. The van der Waals surface area contributed by atoms with Crippen LogP contribution in [0.4, 0.5) is 0 Å². The van der Waals surface area contributed by atoms with Crippen molar-refractivity contribution in [1.29, 1.82) is 0 Å². The van der Waals surface area contributed by atoms with Crippen LogP contribution in [-0.2, 0) is 11.3 Å². The summed E-state index contributed by atoms with van der Waals surface area (Å²) in [7, 11) is 1.71. The molecule has 3 aromatic rings. The van der Waals surface area contributed by atoms with Crippen molar-refractivity contribution in [2.75, 3.05) is 13.7 Å². The van der Waals surface area contributed by atoms with Crippen molar-refractivity contribution < 1.29 is 9.53 Å². The van der Waals surface area contributed by atoms with Gasteiger partial charge in [0.1, 0.15) is 16.7 Å². The standard InChI is InChI=1S/C22H20N2O2S2/c1-15-6-5-7-17(12-15)26-11-10-24-14-16(18-8-3-4-9-19(18)24)13-20-21(25)23(2)22(27)28-20/h3-9,12-14H,10-11H2,1-2H3/b20-13-. The molecule has 0 atom stereocenters. The number of hydrogen-bond acceptors (Lipinski definition) is 4. The molecule has 0 N–H and O–H groups in total. The Bertz CT molecular complexity index is 1100. The van der Waals surface area contributed by atoms with Crippen molar-refractivity contribution in [1.82, 2.24) is 9.47 Å². The number of benzene rings is 2. The average molecular weight is 409 g/mol. The van der Waals surface area contributed by atoms with Crippen LogP contribution in [0.3, 0.4) is 0 Å². The molecule has 4 rings (SSSR count). The highest BCUT2D eigenvalue weighted by Gasteiger charge is 2.29. The van der Waals surface area contributed by atoms with Gasteiger partial charge in [-0.3, -0.25) is 9.69 Å². The van der Waals surface area contributed by atoms with Crippen LogP contribution in [0.2, 0.25) is 0 Å². The minimum absolute atomic E-state index is 0.0467. The summed E-state index contributed by atoms with van der Waals surface area (Å²) in [6.45, 7) is 3.34. The van der Waals surface area contributed by atoms with Gasteiger partial charge in [0.15, 0.2) is 0 Å². The third-order valence-corrected chi connectivity index (χ3v) is 6.17. The largest absolute Gasteiger partial charge is 0.492 e. The minimum atomic E-state index is -0.0467. The lowest BCUT2D eigenvalue weighted by Crippen LogP contribution is -2.22. The van der Waals surface area contributed by atoms with Crippen molar-refractivity contribution >= 4 is 51.2 Å². The number of nitrogens with zero attached hydrogens (tertiary/aromatic N) is 2. The number of para-hydroxylation sites is 1. The number of ether oxygens (including phenoxy) is 1. The maximum Gasteiger partial charge on any atom is 0.265 e. The van der Waals surface area contributed by atoms with Crippen LogP contribution < -0.4 is 4.74 Å². The topological polar surface area (TPSA) is 34.5 Å². The number of amides is 1. The number of carbonyl (C=O) groups excluding carboxylic acids is 1. The summed E-state index contributed by atoms with van der Waals surface area (Å²) in [5.41, 5.74) is 3.31. The van der Waals surface area contributed by atoms with Gasteiger partial charge in [-0.1, -0.05) is 54.3 Å². The molecule has 1 fully saturated rings. The highest BCUT2D eigenvalue weighted by Crippen LogP contribution is 2.33. The molecular weight excluding hydrogens is 388 g/mol. The summed E-state index contributed by atoms with van der Waals surface area (Å²) in [6, 6.07) is 16.3. The van der Waals surface area contributed by atoms with E-state index in [1.165, 1.54) is 22.2 Å². The maximum atomic E-state index is 12.3. The first-order chi connectivity index (χ1) is 13.5. The molecule has 2 aromatic carbocycles. The molecule has 1 aliphatic heterocycles. The second-order valence-electron chi connectivity index (χ2n) is 6.70. The minimum Gasteiger partial charge on any atom is -0.492 e.